The van der Waals surface area contributed by atoms with Crippen molar-refractivity contribution in [3.8, 4) is 0 Å². The van der Waals surface area contributed by atoms with Crippen LogP contribution in [0.5, 0.6) is 0 Å². The quantitative estimate of drug-likeness (QED) is 0.822. The van der Waals surface area contributed by atoms with Crippen LogP contribution in [0.15, 0.2) is 48.5 Å². The van der Waals surface area contributed by atoms with Gasteiger partial charge in [0, 0.05) is 25.2 Å². The molecule has 2 aromatic rings. The second-order valence-corrected chi connectivity index (χ2v) is 6.66. The van der Waals surface area contributed by atoms with Crippen LogP contribution in [-0.4, -0.2) is 34.3 Å². The van der Waals surface area contributed by atoms with Crippen LogP contribution in [-0.2, 0) is 22.6 Å². The Hall–Kier alpha value is -3.15. The number of piperidine rings is 1. The lowest BCUT2D eigenvalue weighted by Gasteiger charge is -2.26. The normalized spacial score (nSPS) is 14.1. The van der Waals surface area contributed by atoms with E-state index in [1.54, 1.807) is 24.3 Å². The number of carbonyl (C=O) groups excluding carboxylic acids is 2. The summed E-state index contributed by atoms with van der Waals surface area (Å²) in [4.78, 5) is 37.4. The second kappa shape index (κ2) is 8.49. The number of carbonyl (C=O) groups is 3. The fourth-order valence-electron chi connectivity index (χ4n) is 3.26. The number of hydrogen-bond donors (Lipinski definition) is 2. The maximum atomic E-state index is 12.3. The highest BCUT2D eigenvalue weighted by molar-refractivity contribution is 5.96. The van der Waals surface area contributed by atoms with Gasteiger partial charge in [-0.25, -0.2) is 4.79 Å². The molecule has 27 heavy (non-hydrogen) atoms. The summed E-state index contributed by atoms with van der Waals surface area (Å²) in [6, 6.07) is 13.9. The Kier molecular flexibility index (Phi) is 5.86. The van der Waals surface area contributed by atoms with Gasteiger partial charge in [0.1, 0.15) is 0 Å². The first-order valence-electron chi connectivity index (χ1n) is 9.00. The fourth-order valence-corrected chi connectivity index (χ4v) is 3.26. The number of rotatable bonds is 6. The molecule has 1 aliphatic heterocycles. The molecule has 6 nitrogen and oxygen atoms in total. The first-order chi connectivity index (χ1) is 13.0. The van der Waals surface area contributed by atoms with E-state index in [-0.39, 0.29) is 23.8 Å². The largest absolute Gasteiger partial charge is 0.478 e. The molecule has 140 valence electrons. The predicted octanol–water partition coefficient (Wildman–Crippen LogP) is 3.08. The highest BCUT2D eigenvalue weighted by Gasteiger charge is 2.18. The molecular formula is C21H22N2O4. The Bertz CT molecular complexity index is 863. The average Bonchev–Trinajstić information content (AvgIpc) is 2.64. The molecule has 2 amide bonds. The second-order valence-electron chi connectivity index (χ2n) is 6.66. The molecule has 3 rings (SSSR count). The van der Waals surface area contributed by atoms with Crippen molar-refractivity contribution in [2.45, 2.75) is 32.2 Å². The summed E-state index contributed by atoms with van der Waals surface area (Å²) in [5.74, 6) is -1.16. The van der Waals surface area contributed by atoms with Crippen LogP contribution < -0.4 is 5.32 Å². The molecule has 0 aromatic heterocycles. The van der Waals surface area contributed by atoms with Crippen LogP contribution in [0.25, 0.3) is 0 Å². The number of hydrogen-bond acceptors (Lipinski definition) is 3. The summed E-state index contributed by atoms with van der Waals surface area (Å²) in [6.45, 7) is 1.30. The summed E-state index contributed by atoms with van der Waals surface area (Å²) in [5.41, 5.74) is 2.19. The van der Waals surface area contributed by atoms with Crippen LogP contribution in [0, 0.1) is 0 Å². The van der Waals surface area contributed by atoms with Gasteiger partial charge in [0.05, 0.1) is 12.0 Å². The minimum atomic E-state index is -1.05. The van der Waals surface area contributed by atoms with E-state index in [0.29, 0.717) is 24.2 Å². The molecule has 1 heterocycles. The zero-order valence-corrected chi connectivity index (χ0v) is 15.0. The van der Waals surface area contributed by atoms with Gasteiger partial charge in [-0.3, -0.25) is 9.59 Å². The van der Waals surface area contributed by atoms with Crippen molar-refractivity contribution in [3.63, 3.8) is 0 Å². The summed E-state index contributed by atoms with van der Waals surface area (Å²) < 4.78 is 0. The lowest BCUT2D eigenvalue weighted by Crippen LogP contribution is -2.34. The lowest BCUT2D eigenvalue weighted by atomic mass is 10.0. The number of likely N-dealkylation sites (tertiary alicyclic amines) is 1. The highest BCUT2D eigenvalue weighted by atomic mass is 16.4. The number of nitrogens with one attached hydrogen (secondary N) is 1. The van der Waals surface area contributed by atoms with E-state index in [4.69, 9.17) is 0 Å². The summed E-state index contributed by atoms with van der Waals surface area (Å²) in [6.07, 6.45) is 2.55. The minimum absolute atomic E-state index is 0.0166. The monoisotopic (exact) mass is 366 g/mol. The first kappa shape index (κ1) is 18.6. The standard InChI is InChI=1S/C21H22N2O4/c24-19(13-16-7-1-2-9-18(16)21(26)27)22-17-8-5-6-15(12-17)14-23-11-4-3-10-20(23)25/h1-2,5-9,12H,3-4,10-11,13-14H2,(H,22,24)(H,26,27). The van der Waals surface area contributed by atoms with Crippen molar-refractivity contribution in [3.05, 3.63) is 65.2 Å². The van der Waals surface area contributed by atoms with Crippen LogP contribution in [0.3, 0.4) is 0 Å². The third-order valence-corrected chi connectivity index (χ3v) is 4.60. The van der Waals surface area contributed by atoms with Crippen LogP contribution in [0.2, 0.25) is 0 Å². The highest BCUT2D eigenvalue weighted by Crippen LogP contribution is 2.18. The molecular weight excluding hydrogens is 344 g/mol. The number of carboxylic acids is 1. The molecule has 1 saturated heterocycles. The number of carboxylic acid groups (broad SMARTS) is 1. The van der Waals surface area contributed by atoms with Gasteiger partial charge >= 0.3 is 5.97 Å². The van der Waals surface area contributed by atoms with Crippen molar-refractivity contribution in [2.75, 3.05) is 11.9 Å². The third-order valence-electron chi connectivity index (χ3n) is 4.60. The van der Waals surface area contributed by atoms with Gasteiger partial charge < -0.3 is 15.3 Å². The molecule has 0 aliphatic carbocycles. The Morgan fingerprint density at radius 3 is 2.67 bits per heavy atom. The number of nitrogens with zero attached hydrogens (tertiary/aromatic N) is 1. The van der Waals surface area contributed by atoms with Crippen LogP contribution >= 0.6 is 0 Å². The molecule has 0 bridgehead atoms. The van der Waals surface area contributed by atoms with E-state index in [2.05, 4.69) is 5.32 Å². The van der Waals surface area contributed by atoms with E-state index in [1.165, 1.54) is 6.07 Å². The molecule has 2 N–H and O–H groups in total. The summed E-state index contributed by atoms with van der Waals surface area (Å²) in [7, 11) is 0. The molecule has 0 saturated carbocycles. The number of aromatic carboxylic acids is 1. The predicted molar refractivity (Wildman–Crippen MR) is 101 cm³/mol. The molecule has 0 spiro atoms. The van der Waals surface area contributed by atoms with Crippen LogP contribution in [0.1, 0.15) is 40.7 Å². The molecule has 0 unspecified atom stereocenters. The van der Waals surface area contributed by atoms with E-state index < -0.39 is 5.97 Å². The van der Waals surface area contributed by atoms with Crippen molar-refractivity contribution in [2.24, 2.45) is 0 Å². The zero-order valence-electron chi connectivity index (χ0n) is 15.0. The minimum Gasteiger partial charge on any atom is -0.478 e. The maximum absolute atomic E-state index is 12.3. The SMILES string of the molecule is O=C(Cc1ccccc1C(=O)O)Nc1cccc(CN2CCCCC2=O)c1. The van der Waals surface area contributed by atoms with Gasteiger partial charge in [-0.15, -0.1) is 0 Å². The zero-order chi connectivity index (χ0) is 19.2. The molecule has 6 heteroatoms. The van der Waals surface area contributed by atoms with Gasteiger partial charge in [0.2, 0.25) is 11.8 Å². The molecule has 1 fully saturated rings. The number of amides is 2. The van der Waals surface area contributed by atoms with E-state index in [9.17, 15) is 19.5 Å². The van der Waals surface area contributed by atoms with Gasteiger partial charge in [-0.05, 0) is 42.2 Å². The molecule has 2 aromatic carbocycles. The van der Waals surface area contributed by atoms with Crippen molar-refractivity contribution >= 4 is 23.5 Å². The van der Waals surface area contributed by atoms with Crippen molar-refractivity contribution in [1.29, 1.82) is 0 Å². The molecule has 0 atom stereocenters. The van der Waals surface area contributed by atoms with E-state index in [0.717, 1.165) is 24.9 Å². The number of benzene rings is 2. The Balaban J connectivity index is 1.65. The van der Waals surface area contributed by atoms with Crippen LogP contribution in [0.4, 0.5) is 5.69 Å². The van der Waals surface area contributed by atoms with E-state index in [1.807, 2.05) is 23.1 Å². The summed E-state index contributed by atoms with van der Waals surface area (Å²) in [5, 5.41) is 12.0. The van der Waals surface area contributed by atoms with Crippen molar-refractivity contribution < 1.29 is 19.5 Å². The van der Waals surface area contributed by atoms with Crippen molar-refractivity contribution in [1.82, 2.24) is 4.90 Å². The number of anilines is 1. The smallest absolute Gasteiger partial charge is 0.335 e. The Morgan fingerprint density at radius 2 is 1.89 bits per heavy atom. The maximum Gasteiger partial charge on any atom is 0.335 e. The third kappa shape index (κ3) is 4.94. The van der Waals surface area contributed by atoms with E-state index >= 15 is 0 Å². The fraction of sp³-hybridized carbons (Fsp3) is 0.286. The Labute approximate surface area is 157 Å². The van der Waals surface area contributed by atoms with Gasteiger partial charge in [0.15, 0.2) is 0 Å². The topological polar surface area (TPSA) is 86.7 Å². The molecule has 0 radical (unpaired) electrons. The summed E-state index contributed by atoms with van der Waals surface area (Å²) >= 11 is 0. The van der Waals surface area contributed by atoms with Gasteiger partial charge in [-0.2, -0.15) is 0 Å². The van der Waals surface area contributed by atoms with Gasteiger partial charge in [0.25, 0.3) is 0 Å². The average molecular weight is 366 g/mol. The lowest BCUT2D eigenvalue weighted by molar-refractivity contribution is -0.133. The van der Waals surface area contributed by atoms with Gasteiger partial charge in [-0.1, -0.05) is 30.3 Å². The Morgan fingerprint density at radius 1 is 1.07 bits per heavy atom. The first-order valence-corrected chi connectivity index (χ1v) is 9.00. The molecule has 1 aliphatic rings.